The molecule has 0 aliphatic carbocycles. The first kappa shape index (κ1) is 17.7. The molecule has 0 bridgehead atoms. The number of nitrogen functional groups attached to an aromatic ring is 1. The van der Waals surface area contributed by atoms with Crippen LogP contribution in [0.2, 0.25) is 0 Å². The van der Waals surface area contributed by atoms with Gasteiger partial charge in [0.2, 0.25) is 10.0 Å². The van der Waals surface area contributed by atoms with Crippen LogP contribution in [0.25, 0.3) is 0 Å². The predicted molar refractivity (Wildman–Crippen MR) is 85.9 cm³/mol. The van der Waals surface area contributed by atoms with E-state index < -0.39 is 10.0 Å². The highest BCUT2D eigenvalue weighted by Gasteiger charge is 2.19. The Kier molecular flexibility index (Phi) is 6.00. The molecule has 7 heteroatoms. The number of anilines is 2. The average molecular weight is 315 g/mol. The van der Waals surface area contributed by atoms with Gasteiger partial charge in [-0.1, -0.05) is 6.92 Å². The van der Waals surface area contributed by atoms with Crippen LogP contribution >= 0.6 is 0 Å². The molecule has 0 spiro atoms. The fourth-order valence-electron chi connectivity index (χ4n) is 1.88. The van der Waals surface area contributed by atoms with Crippen molar-refractivity contribution in [2.45, 2.75) is 38.2 Å². The van der Waals surface area contributed by atoms with Crippen LogP contribution in [0, 0.1) is 0 Å². The summed E-state index contributed by atoms with van der Waals surface area (Å²) in [6.07, 6.45) is 0. The molecule has 0 radical (unpaired) electrons. The van der Waals surface area contributed by atoms with Gasteiger partial charge in [-0.25, -0.2) is 13.1 Å². The van der Waals surface area contributed by atoms with E-state index in [9.17, 15) is 8.42 Å². The van der Waals surface area contributed by atoms with Crippen LogP contribution in [0.3, 0.4) is 0 Å². The van der Waals surface area contributed by atoms with Gasteiger partial charge in [-0.05, 0) is 39.0 Å². The quantitative estimate of drug-likeness (QED) is 0.636. The SMILES string of the molecule is CCNS(=O)(=O)c1ccc(N)c(NCC(C)(C)OCC)c1. The number of sulfonamides is 1. The van der Waals surface area contributed by atoms with E-state index >= 15 is 0 Å². The molecule has 6 nitrogen and oxygen atoms in total. The van der Waals surface area contributed by atoms with Crippen LogP contribution in [-0.4, -0.2) is 33.7 Å². The maximum Gasteiger partial charge on any atom is 0.240 e. The Morgan fingerprint density at radius 2 is 1.95 bits per heavy atom. The number of benzene rings is 1. The predicted octanol–water partition coefficient (Wildman–Crippen LogP) is 1.79. The lowest BCUT2D eigenvalue weighted by Crippen LogP contribution is -2.33. The van der Waals surface area contributed by atoms with Crippen LogP contribution in [0.5, 0.6) is 0 Å². The highest BCUT2D eigenvalue weighted by Crippen LogP contribution is 2.24. The molecule has 0 atom stereocenters. The van der Waals surface area contributed by atoms with Gasteiger partial charge in [0.25, 0.3) is 0 Å². The number of rotatable bonds is 8. The fourth-order valence-corrected chi connectivity index (χ4v) is 2.95. The van der Waals surface area contributed by atoms with E-state index in [2.05, 4.69) is 10.0 Å². The van der Waals surface area contributed by atoms with Crippen molar-refractivity contribution in [3.05, 3.63) is 18.2 Å². The zero-order valence-corrected chi connectivity index (χ0v) is 13.9. The van der Waals surface area contributed by atoms with Crippen LogP contribution in [-0.2, 0) is 14.8 Å². The van der Waals surface area contributed by atoms with Crippen molar-refractivity contribution in [2.24, 2.45) is 0 Å². The summed E-state index contributed by atoms with van der Waals surface area (Å²) in [6.45, 7) is 9.05. The van der Waals surface area contributed by atoms with Gasteiger partial charge in [0.05, 0.1) is 21.9 Å². The van der Waals surface area contributed by atoms with Crippen molar-refractivity contribution in [3.8, 4) is 0 Å². The van der Waals surface area contributed by atoms with Gasteiger partial charge in [-0.2, -0.15) is 0 Å². The van der Waals surface area contributed by atoms with Crippen molar-refractivity contribution >= 4 is 21.4 Å². The minimum Gasteiger partial charge on any atom is -0.397 e. The largest absolute Gasteiger partial charge is 0.397 e. The topological polar surface area (TPSA) is 93.5 Å². The van der Waals surface area contributed by atoms with Gasteiger partial charge in [-0.3, -0.25) is 0 Å². The molecule has 0 aromatic heterocycles. The Hall–Kier alpha value is -1.31. The number of hydrogen-bond donors (Lipinski definition) is 3. The smallest absolute Gasteiger partial charge is 0.240 e. The molecular formula is C14H25N3O3S. The second-order valence-electron chi connectivity index (χ2n) is 5.30. The number of hydrogen-bond acceptors (Lipinski definition) is 5. The van der Waals surface area contributed by atoms with Crippen LogP contribution < -0.4 is 15.8 Å². The summed E-state index contributed by atoms with van der Waals surface area (Å²) in [7, 11) is -3.49. The summed E-state index contributed by atoms with van der Waals surface area (Å²) in [5.41, 5.74) is 6.61. The molecule has 0 fully saturated rings. The minimum absolute atomic E-state index is 0.190. The van der Waals surface area contributed by atoms with Gasteiger partial charge >= 0.3 is 0 Å². The van der Waals surface area contributed by atoms with Crippen molar-refractivity contribution in [2.75, 3.05) is 30.7 Å². The Morgan fingerprint density at radius 3 is 2.52 bits per heavy atom. The number of ether oxygens (including phenoxy) is 1. The number of nitrogens with one attached hydrogen (secondary N) is 2. The lowest BCUT2D eigenvalue weighted by atomic mass is 10.1. The number of nitrogens with two attached hydrogens (primary N) is 1. The van der Waals surface area contributed by atoms with Crippen LogP contribution in [0.1, 0.15) is 27.7 Å². The maximum absolute atomic E-state index is 12.0. The van der Waals surface area contributed by atoms with Gasteiger partial charge < -0.3 is 15.8 Å². The van der Waals surface area contributed by atoms with Crippen molar-refractivity contribution < 1.29 is 13.2 Å². The molecule has 1 rings (SSSR count). The summed E-state index contributed by atoms with van der Waals surface area (Å²) in [5, 5.41) is 3.15. The van der Waals surface area contributed by atoms with E-state index in [-0.39, 0.29) is 10.5 Å². The minimum atomic E-state index is -3.49. The molecule has 0 heterocycles. The molecule has 0 saturated carbocycles. The Morgan fingerprint density at radius 1 is 1.29 bits per heavy atom. The van der Waals surface area contributed by atoms with Crippen LogP contribution in [0.4, 0.5) is 11.4 Å². The van der Waals surface area contributed by atoms with Gasteiger partial charge in [0.15, 0.2) is 0 Å². The second-order valence-corrected chi connectivity index (χ2v) is 7.06. The van der Waals surface area contributed by atoms with Gasteiger partial charge in [0, 0.05) is 19.7 Å². The molecule has 0 amide bonds. The van der Waals surface area contributed by atoms with Gasteiger partial charge in [-0.15, -0.1) is 0 Å². The summed E-state index contributed by atoms with van der Waals surface area (Å²) >= 11 is 0. The maximum atomic E-state index is 12.0. The molecule has 0 unspecified atom stereocenters. The molecule has 120 valence electrons. The van der Waals surface area contributed by atoms with E-state index in [1.807, 2.05) is 20.8 Å². The first-order valence-electron chi connectivity index (χ1n) is 6.99. The zero-order chi connectivity index (χ0) is 16.1. The lowest BCUT2D eigenvalue weighted by molar-refractivity contribution is 0.000708. The van der Waals surface area contributed by atoms with E-state index in [1.165, 1.54) is 12.1 Å². The molecule has 0 aliphatic heterocycles. The van der Waals surface area contributed by atoms with Crippen molar-refractivity contribution in [1.82, 2.24) is 4.72 Å². The lowest BCUT2D eigenvalue weighted by Gasteiger charge is -2.26. The standard InChI is InChI=1S/C14H25N3O3S/c1-5-17-21(18,19)11-7-8-12(15)13(9-11)16-10-14(3,4)20-6-2/h7-9,16-17H,5-6,10,15H2,1-4H3. The van der Waals surface area contributed by atoms with Crippen LogP contribution in [0.15, 0.2) is 23.1 Å². The molecule has 21 heavy (non-hydrogen) atoms. The molecule has 0 saturated heterocycles. The van der Waals surface area contributed by atoms with E-state index in [0.717, 1.165) is 0 Å². The summed E-state index contributed by atoms with van der Waals surface area (Å²) in [6, 6.07) is 4.61. The highest BCUT2D eigenvalue weighted by atomic mass is 32.2. The molecule has 1 aromatic rings. The zero-order valence-electron chi connectivity index (χ0n) is 13.1. The normalized spacial score (nSPS) is 12.4. The molecule has 4 N–H and O–H groups in total. The summed E-state index contributed by atoms with van der Waals surface area (Å²) in [4.78, 5) is 0.190. The average Bonchev–Trinajstić information content (AvgIpc) is 2.37. The van der Waals surface area contributed by atoms with Crippen molar-refractivity contribution in [3.63, 3.8) is 0 Å². The monoisotopic (exact) mass is 315 g/mol. The molecular weight excluding hydrogens is 290 g/mol. The van der Waals surface area contributed by atoms with Gasteiger partial charge in [0.1, 0.15) is 0 Å². The first-order valence-corrected chi connectivity index (χ1v) is 8.47. The van der Waals surface area contributed by atoms with E-state index in [0.29, 0.717) is 31.1 Å². The molecule has 0 aliphatic rings. The van der Waals surface area contributed by atoms with E-state index in [4.69, 9.17) is 10.5 Å². The summed E-state index contributed by atoms with van der Waals surface area (Å²) < 4.78 is 32.0. The third-order valence-electron chi connectivity index (χ3n) is 2.91. The van der Waals surface area contributed by atoms with Crippen molar-refractivity contribution in [1.29, 1.82) is 0 Å². The highest BCUT2D eigenvalue weighted by molar-refractivity contribution is 7.89. The summed E-state index contributed by atoms with van der Waals surface area (Å²) in [5.74, 6) is 0. The Balaban J connectivity index is 2.94. The Bertz CT molecular complexity index is 571. The molecule has 1 aromatic carbocycles. The second kappa shape index (κ2) is 7.11. The van der Waals surface area contributed by atoms with E-state index in [1.54, 1.807) is 13.0 Å². The fraction of sp³-hybridized carbons (Fsp3) is 0.571. The first-order chi connectivity index (χ1) is 9.72. The Labute approximate surface area is 127 Å². The third kappa shape index (κ3) is 5.18. The third-order valence-corrected chi connectivity index (χ3v) is 4.45.